The minimum absolute atomic E-state index is 0.223. The highest BCUT2D eigenvalue weighted by molar-refractivity contribution is 7.10. The van der Waals surface area contributed by atoms with Gasteiger partial charge in [-0.15, -0.1) is 11.3 Å². The molecule has 90 valence electrons. The summed E-state index contributed by atoms with van der Waals surface area (Å²) in [7, 11) is 0. The third kappa shape index (κ3) is 2.75. The molecular weight excluding hydrogens is 238 g/mol. The van der Waals surface area contributed by atoms with E-state index in [1.807, 2.05) is 5.38 Å². The minimum atomic E-state index is -0.956. The zero-order chi connectivity index (χ0) is 12.3. The molecule has 2 N–H and O–H groups in total. The van der Waals surface area contributed by atoms with Crippen molar-refractivity contribution >= 4 is 17.3 Å². The molecule has 0 aliphatic heterocycles. The lowest BCUT2D eigenvalue weighted by Crippen LogP contribution is -2.14. The SMILES string of the molecule is Cc1ccsc1CNCc1occc1C(=O)O. The van der Waals surface area contributed by atoms with E-state index in [0.717, 1.165) is 6.54 Å². The van der Waals surface area contributed by atoms with Crippen LogP contribution in [0.2, 0.25) is 0 Å². The lowest BCUT2D eigenvalue weighted by atomic mass is 10.2. The molecule has 0 bridgehead atoms. The van der Waals surface area contributed by atoms with Crippen LogP contribution in [0.3, 0.4) is 0 Å². The van der Waals surface area contributed by atoms with Crippen LogP contribution in [0, 0.1) is 6.92 Å². The fraction of sp³-hybridized carbons (Fsp3) is 0.250. The summed E-state index contributed by atoms with van der Waals surface area (Å²) in [6.45, 7) is 3.21. The standard InChI is InChI=1S/C12H13NO3S/c1-8-3-5-17-11(8)7-13-6-10-9(12(14)15)2-4-16-10/h2-5,13H,6-7H2,1H3,(H,14,15). The predicted molar refractivity (Wildman–Crippen MR) is 65.3 cm³/mol. The number of nitrogens with one attached hydrogen (secondary N) is 1. The van der Waals surface area contributed by atoms with Crippen LogP contribution in [-0.2, 0) is 13.1 Å². The van der Waals surface area contributed by atoms with Gasteiger partial charge in [0.1, 0.15) is 11.3 Å². The van der Waals surface area contributed by atoms with Crippen LogP contribution in [0.5, 0.6) is 0 Å². The highest BCUT2D eigenvalue weighted by atomic mass is 32.1. The molecule has 2 rings (SSSR count). The molecule has 0 aliphatic rings. The van der Waals surface area contributed by atoms with Crippen molar-refractivity contribution in [2.75, 3.05) is 0 Å². The van der Waals surface area contributed by atoms with Gasteiger partial charge in [-0.25, -0.2) is 4.79 Å². The molecule has 0 atom stereocenters. The molecule has 4 nitrogen and oxygen atoms in total. The molecule has 2 aromatic heterocycles. The lowest BCUT2D eigenvalue weighted by Gasteiger charge is -2.03. The number of hydrogen-bond donors (Lipinski definition) is 2. The minimum Gasteiger partial charge on any atom is -0.478 e. The summed E-state index contributed by atoms with van der Waals surface area (Å²) in [6, 6.07) is 3.53. The maximum atomic E-state index is 10.8. The molecule has 0 saturated heterocycles. The van der Waals surface area contributed by atoms with E-state index in [1.54, 1.807) is 11.3 Å². The first-order valence-corrected chi connectivity index (χ1v) is 6.10. The third-order valence-electron chi connectivity index (χ3n) is 2.52. The van der Waals surface area contributed by atoms with E-state index in [0.29, 0.717) is 12.3 Å². The molecule has 5 heteroatoms. The molecule has 2 heterocycles. The van der Waals surface area contributed by atoms with Crippen molar-refractivity contribution < 1.29 is 14.3 Å². The number of carbonyl (C=O) groups is 1. The van der Waals surface area contributed by atoms with Crippen molar-refractivity contribution in [2.45, 2.75) is 20.0 Å². The van der Waals surface area contributed by atoms with E-state index in [-0.39, 0.29) is 5.56 Å². The predicted octanol–water partition coefficient (Wildman–Crippen LogP) is 2.64. The van der Waals surface area contributed by atoms with Gasteiger partial charge in [0.15, 0.2) is 0 Å². The summed E-state index contributed by atoms with van der Waals surface area (Å²) >= 11 is 1.69. The largest absolute Gasteiger partial charge is 0.478 e. The maximum Gasteiger partial charge on any atom is 0.339 e. The quantitative estimate of drug-likeness (QED) is 0.857. The van der Waals surface area contributed by atoms with Gasteiger partial charge in [0.2, 0.25) is 0 Å². The number of rotatable bonds is 5. The van der Waals surface area contributed by atoms with Crippen LogP contribution in [0.4, 0.5) is 0 Å². The molecule has 0 radical (unpaired) electrons. The van der Waals surface area contributed by atoms with Gasteiger partial charge >= 0.3 is 5.97 Å². The maximum absolute atomic E-state index is 10.8. The van der Waals surface area contributed by atoms with Crippen molar-refractivity contribution in [3.63, 3.8) is 0 Å². The van der Waals surface area contributed by atoms with Crippen LogP contribution >= 0.6 is 11.3 Å². The van der Waals surface area contributed by atoms with Crippen LogP contribution in [0.25, 0.3) is 0 Å². The Balaban J connectivity index is 1.92. The van der Waals surface area contributed by atoms with Gasteiger partial charge in [-0.2, -0.15) is 0 Å². The van der Waals surface area contributed by atoms with Gasteiger partial charge in [0, 0.05) is 11.4 Å². The van der Waals surface area contributed by atoms with Crippen LogP contribution in [-0.4, -0.2) is 11.1 Å². The summed E-state index contributed by atoms with van der Waals surface area (Å²) in [5.41, 5.74) is 1.47. The molecule has 2 aromatic rings. The number of furan rings is 1. The Bertz CT molecular complexity index is 515. The number of carboxylic acid groups (broad SMARTS) is 1. The zero-order valence-electron chi connectivity index (χ0n) is 9.40. The number of carboxylic acids is 1. The van der Waals surface area contributed by atoms with Gasteiger partial charge in [0.05, 0.1) is 12.8 Å². The van der Waals surface area contributed by atoms with E-state index in [2.05, 4.69) is 18.3 Å². The summed E-state index contributed by atoms with van der Waals surface area (Å²) in [5, 5.41) is 14.1. The summed E-state index contributed by atoms with van der Waals surface area (Å²) < 4.78 is 5.14. The molecule has 0 saturated carbocycles. The van der Waals surface area contributed by atoms with E-state index in [4.69, 9.17) is 9.52 Å². The summed E-state index contributed by atoms with van der Waals surface area (Å²) in [4.78, 5) is 12.1. The van der Waals surface area contributed by atoms with Crippen molar-refractivity contribution in [3.8, 4) is 0 Å². The average Bonchev–Trinajstić information content (AvgIpc) is 2.88. The molecule has 0 aromatic carbocycles. The number of aromatic carboxylic acids is 1. The van der Waals surface area contributed by atoms with E-state index in [1.165, 1.54) is 22.8 Å². The Morgan fingerprint density at radius 1 is 1.47 bits per heavy atom. The van der Waals surface area contributed by atoms with Crippen LogP contribution in [0.1, 0.15) is 26.6 Å². The molecule has 0 unspecified atom stereocenters. The first-order chi connectivity index (χ1) is 8.18. The van der Waals surface area contributed by atoms with Gasteiger partial charge in [-0.05, 0) is 30.0 Å². The topological polar surface area (TPSA) is 62.5 Å². The molecule has 0 amide bonds. The highest BCUT2D eigenvalue weighted by Crippen LogP contribution is 2.16. The van der Waals surface area contributed by atoms with Gasteiger partial charge in [0.25, 0.3) is 0 Å². The Hall–Kier alpha value is -1.59. The lowest BCUT2D eigenvalue weighted by molar-refractivity contribution is 0.0694. The van der Waals surface area contributed by atoms with Crippen LogP contribution in [0.15, 0.2) is 28.2 Å². The van der Waals surface area contributed by atoms with E-state index in [9.17, 15) is 4.79 Å². The highest BCUT2D eigenvalue weighted by Gasteiger charge is 2.12. The van der Waals surface area contributed by atoms with Crippen molar-refractivity contribution in [1.82, 2.24) is 5.32 Å². The average molecular weight is 251 g/mol. The first kappa shape index (κ1) is 11.9. The number of aryl methyl sites for hydroxylation is 1. The second-order valence-electron chi connectivity index (χ2n) is 3.69. The Labute approximate surface area is 103 Å². The third-order valence-corrected chi connectivity index (χ3v) is 3.54. The second-order valence-corrected chi connectivity index (χ2v) is 4.69. The fourth-order valence-corrected chi connectivity index (χ4v) is 2.42. The fourth-order valence-electron chi connectivity index (χ4n) is 1.54. The normalized spacial score (nSPS) is 10.6. The Kier molecular flexibility index (Phi) is 3.61. The molecule has 0 fully saturated rings. The summed E-state index contributed by atoms with van der Waals surface area (Å²) in [6.07, 6.45) is 1.40. The summed E-state index contributed by atoms with van der Waals surface area (Å²) in [5.74, 6) is -0.491. The molecule has 0 aliphatic carbocycles. The van der Waals surface area contributed by atoms with Crippen molar-refractivity contribution in [3.05, 3.63) is 45.5 Å². The van der Waals surface area contributed by atoms with Crippen molar-refractivity contribution in [1.29, 1.82) is 0 Å². The molecule has 17 heavy (non-hydrogen) atoms. The van der Waals surface area contributed by atoms with Gasteiger partial charge < -0.3 is 14.8 Å². The molecule has 0 spiro atoms. The monoisotopic (exact) mass is 251 g/mol. The Morgan fingerprint density at radius 2 is 2.29 bits per heavy atom. The van der Waals surface area contributed by atoms with E-state index < -0.39 is 5.97 Å². The second kappa shape index (κ2) is 5.16. The van der Waals surface area contributed by atoms with E-state index >= 15 is 0 Å². The zero-order valence-corrected chi connectivity index (χ0v) is 10.2. The van der Waals surface area contributed by atoms with Gasteiger partial charge in [-0.1, -0.05) is 0 Å². The number of thiophene rings is 1. The molecular formula is C12H13NO3S. The van der Waals surface area contributed by atoms with Crippen LogP contribution < -0.4 is 5.32 Å². The van der Waals surface area contributed by atoms with Gasteiger partial charge in [-0.3, -0.25) is 0 Å². The Morgan fingerprint density at radius 3 is 2.94 bits per heavy atom. The van der Waals surface area contributed by atoms with Crippen molar-refractivity contribution in [2.24, 2.45) is 0 Å². The number of hydrogen-bond acceptors (Lipinski definition) is 4. The first-order valence-electron chi connectivity index (χ1n) is 5.22. The smallest absolute Gasteiger partial charge is 0.339 e.